The van der Waals surface area contributed by atoms with Crippen LogP contribution >= 0.6 is 23.1 Å². The van der Waals surface area contributed by atoms with Crippen LogP contribution < -0.4 is 15.1 Å². The van der Waals surface area contributed by atoms with Gasteiger partial charge in [0.05, 0.1) is 16.8 Å². The molecule has 3 aromatic rings. The molecule has 1 aromatic carbocycles. The Kier molecular flexibility index (Phi) is 4.37. The summed E-state index contributed by atoms with van der Waals surface area (Å²) in [5.41, 5.74) is 2.62. The molecule has 0 bridgehead atoms. The maximum atomic E-state index is 12.9. The lowest BCUT2D eigenvalue weighted by Gasteiger charge is -2.30. The van der Waals surface area contributed by atoms with Crippen molar-refractivity contribution >= 4 is 34.7 Å². The molecule has 0 fully saturated rings. The second-order valence-corrected chi connectivity index (χ2v) is 7.85. The first kappa shape index (κ1) is 17.0. The van der Waals surface area contributed by atoms with E-state index in [0.29, 0.717) is 16.4 Å². The molecule has 0 saturated carbocycles. The highest BCUT2D eigenvalue weighted by Gasteiger charge is 2.44. The predicted molar refractivity (Wildman–Crippen MR) is 103 cm³/mol. The Labute approximate surface area is 158 Å². The lowest BCUT2D eigenvalue weighted by Crippen LogP contribution is -2.60. The summed E-state index contributed by atoms with van der Waals surface area (Å²) >= 11 is 3.02. The topological polar surface area (TPSA) is 69.9 Å². The minimum absolute atomic E-state index is 0.0985. The second kappa shape index (κ2) is 6.69. The fraction of sp³-hybridized carbons (Fsp3) is 0.222. The van der Waals surface area contributed by atoms with Crippen molar-refractivity contribution in [1.82, 2.24) is 10.1 Å². The largest absolute Gasteiger partial charge is 0.325 e. The van der Waals surface area contributed by atoms with Crippen LogP contribution in [0.4, 0.5) is 5.69 Å². The number of anilines is 1. The van der Waals surface area contributed by atoms with Gasteiger partial charge in [-0.25, -0.2) is 4.90 Å². The number of carbonyl (C=O) groups excluding carboxylic acids is 1. The molecule has 2 aromatic heterocycles. The van der Waals surface area contributed by atoms with Crippen LogP contribution in [0.5, 0.6) is 0 Å². The van der Waals surface area contributed by atoms with Crippen LogP contribution in [0, 0.1) is 0 Å². The first-order chi connectivity index (χ1) is 12.6. The van der Waals surface area contributed by atoms with Gasteiger partial charge in [-0.3, -0.25) is 14.6 Å². The molecule has 6 nitrogen and oxygen atoms in total. The number of para-hydroxylation sites is 1. The molecule has 0 radical (unpaired) electrons. The van der Waals surface area contributed by atoms with E-state index in [4.69, 9.17) is 0 Å². The van der Waals surface area contributed by atoms with Crippen molar-refractivity contribution in [2.75, 3.05) is 10.7 Å². The van der Waals surface area contributed by atoms with Crippen LogP contribution in [0.3, 0.4) is 0 Å². The molecular formula is C18H17N4O2S2+. The van der Waals surface area contributed by atoms with Crippen molar-refractivity contribution < 1.29 is 9.48 Å². The van der Waals surface area contributed by atoms with Gasteiger partial charge in [-0.1, -0.05) is 30.8 Å². The average molecular weight is 385 g/mol. The maximum absolute atomic E-state index is 12.9. The summed E-state index contributed by atoms with van der Waals surface area (Å²) in [4.78, 5) is 30.0. The van der Waals surface area contributed by atoms with Gasteiger partial charge in [0.15, 0.2) is 0 Å². The van der Waals surface area contributed by atoms with Gasteiger partial charge >= 0.3 is 11.3 Å². The minimum atomic E-state index is -0.484. The summed E-state index contributed by atoms with van der Waals surface area (Å²) in [6, 6.07) is 9.42. The standard InChI is InChI=1S/C18H16N4O2S2/c1-3-26-18-19-16(24)15-13-6-4-5-7-14(13)21(11(2)23)17(22(15)20-18)12-8-9-25-10-12/h4-10,17H,3H2,1-2H3/p+1/t17-/m1/s1. The van der Waals surface area contributed by atoms with Gasteiger partial charge in [0.25, 0.3) is 6.17 Å². The van der Waals surface area contributed by atoms with Gasteiger partial charge < -0.3 is 0 Å². The molecule has 8 heteroatoms. The molecular weight excluding hydrogens is 368 g/mol. The normalized spacial score (nSPS) is 15.5. The summed E-state index contributed by atoms with van der Waals surface area (Å²) in [5.74, 6) is 0.692. The molecule has 26 heavy (non-hydrogen) atoms. The van der Waals surface area contributed by atoms with E-state index in [1.54, 1.807) is 20.9 Å². The van der Waals surface area contributed by atoms with Crippen molar-refractivity contribution in [2.24, 2.45) is 0 Å². The highest BCUT2D eigenvalue weighted by molar-refractivity contribution is 7.99. The number of nitrogens with one attached hydrogen (secondary N) is 1. The number of H-pyrrole nitrogens is 1. The number of aromatic nitrogens is 3. The van der Waals surface area contributed by atoms with Gasteiger partial charge in [0.2, 0.25) is 11.1 Å². The summed E-state index contributed by atoms with van der Waals surface area (Å²) in [5, 5.41) is 9.16. The molecule has 1 aliphatic heterocycles. The molecule has 3 heterocycles. The van der Waals surface area contributed by atoms with Crippen molar-refractivity contribution in [1.29, 1.82) is 0 Å². The number of fused-ring (bicyclic) bond motifs is 3. The molecule has 0 spiro atoms. The molecule has 1 aliphatic rings. The molecule has 1 N–H and O–H groups in total. The smallest absolute Gasteiger partial charge is 0.291 e. The Hall–Kier alpha value is -2.45. The van der Waals surface area contributed by atoms with E-state index >= 15 is 0 Å². The number of hydrogen-bond acceptors (Lipinski definition) is 5. The third-order valence-corrected chi connectivity index (χ3v) is 5.67. The molecule has 0 aliphatic carbocycles. The number of aromatic amines is 1. The molecule has 0 unspecified atom stereocenters. The van der Waals surface area contributed by atoms with E-state index in [0.717, 1.165) is 17.0 Å². The summed E-state index contributed by atoms with van der Waals surface area (Å²) < 4.78 is 1.68. The third kappa shape index (κ3) is 2.65. The lowest BCUT2D eigenvalue weighted by molar-refractivity contribution is -0.763. The van der Waals surface area contributed by atoms with E-state index in [9.17, 15) is 9.59 Å². The van der Waals surface area contributed by atoms with Crippen molar-refractivity contribution in [3.63, 3.8) is 0 Å². The Morgan fingerprint density at radius 3 is 2.88 bits per heavy atom. The average Bonchev–Trinajstić information content (AvgIpc) is 3.14. The van der Waals surface area contributed by atoms with E-state index < -0.39 is 6.17 Å². The molecule has 0 saturated heterocycles. The summed E-state index contributed by atoms with van der Waals surface area (Å²) in [6.45, 7) is 3.54. The molecule has 1 atom stereocenters. The summed E-state index contributed by atoms with van der Waals surface area (Å²) in [7, 11) is 0. The van der Waals surface area contributed by atoms with Gasteiger partial charge in [-0.15, -0.1) is 0 Å². The molecule has 4 rings (SSSR count). The Morgan fingerprint density at radius 1 is 1.38 bits per heavy atom. The Balaban J connectivity index is 2.07. The minimum Gasteiger partial charge on any atom is -0.291 e. The van der Waals surface area contributed by atoms with Crippen LogP contribution in [0.1, 0.15) is 25.6 Å². The predicted octanol–water partition coefficient (Wildman–Crippen LogP) is 2.81. The zero-order chi connectivity index (χ0) is 18.3. The van der Waals surface area contributed by atoms with Gasteiger partial charge in [0, 0.05) is 17.4 Å². The van der Waals surface area contributed by atoms with Gasteiger partial charge in [-0.05, 0) is 34.0 Å². The number of rotatable bonds is 3. The quantitative estimate of drug-likeness (QED) is 0.556. The van der Waals surface area contributed by atoms with E-state index in [2.05, 4.69) is 10.1 Å². The molecule has 1 amide bonds. The monoisotopic (exact) mass is 385 g/mol. The third-order valence-electron chi connectivity index (χ3n) is 4.22. The number of carbonyl (C=O) groups is 1. The van der Waals surface area contributed by atoms with E-state index in [-0.39, 0.29) is 11.5 Å². The van der Waals surface area contributed by atoms with E-state index in [1.807, 2.05) is 48.0 Å². The SMILES string of the molecule is CCSc1n[n+]2c(c(=O)[nH]1)-c1ccccc1N(C(C)=O)[C@H]2c1ccsc1. The molecule has 132 valence electrons. The van der Waals surface area contributed by atoms with Crippen LogP contribution in [0.2, 0.25) is 0 Å². The zero-order valence-corrected chi connectivity index (χ0v) is 15.9. The lowest BCUT2D eigenvalue weighted by atomic mass is 10.0. The first-order valence-corrected chi connectivity index (χ1v) is 10.1. The van der Waals surface area contributed by atoms with Crippen LogP contribution in [-0.2, 0) is 4.79 Å². The number of hydrogen-bond donors (Lipinski definition) is 1. The van der Waals surface area contributed by atoms with Gasteiger partial charge in [-0.2, -0.15) is 11.3 Å². The number of amides is 1. The highest BCUT2D eigenvalue weighted by atomic mass is 32.2. The van der Waals surface area contributed by atoms with Gasteiger partial charge in [0.1, 0.15) is 0 Å². The number of thiophene rings is 1. The summed E-state index contributed by atoms with van der Waals surface area (Å²) in [6.07, 6.45) is -0.484. The maximum Gasteiger partial charge on any atom is 0.325 e. The first-order valence-electron chi connectivity index (χ1n) is 8.22. The Morgan fingerprint density at radius 2 is 2.19 bits per heavy atom. The second-order valence-electron chi connectivity index (χ2n) is 5.82. The fourth-order valence-electron chi connectivity index (χ4n) is 3.24. The van der Waals surface area contributed by atoms with Crippen LogP contribution in [-0.4, -0.2) is 21.7 Å². The fourth-order valence-corrected chi connectivity index (χ4v) is 4.49. The van der Waals surface area contributed by atoms with Crippen LogP contribution in [0.15, 0.2) is 51.0 Å². The number of thioether (sulfide) groups is 1. The number of benzene rings is 1. The van der Waals surface area contributed by atoms with Crippen molar-refractivity contribution in [3.05, 3.63) is 57.0 Å². The van der Waals surface area contributed by atoms with Crippen molar-refractivity contribution in [3.8, 4) is 11.3 Å². The zero-order valence-electron chi connectivity index (χ0n) is 14.3. The Bertz CT molecular complexity index is 1030. The highest BCUT2D eigenvalue weighted by Crippen LogP contribution is 2.37. The van der Waals surface area contributed by atoms with Crippen LogP contribution in [0.25, 0.3) is 11.3 Å². The number of nitrogens with zero attached hydrogens (tertiary/aromatic N) is 3. The van der Waals surface area contributed by atoms with Crippen molar-refractivity contribution in [2.45, 2.75) is 25.2 Å². The van der Waals surface area contributed by atoms with E-state index in [1.165, 1.54) is 18.7 Å².